The van der Waals surface area contributed by atoms with Gasteiger partial charge in [0.25, 0.3) is 0 Å². The van der Waals surface area contributed by atoms with E-state index in [9.17, 15) is 0 Å². The molecule has 3 nitrogen and oxygen atoms in total. The van der Waals surface area contributed by atoms with E-state index in [0.29, 0.717) is 0 Å². The second-order valence-corrected chi connectivity index (χ2v) is 3.87. The molecule has 3 heteroatoms. The first-order valence-corrected chi connectivity index (χ1v) is 4.48. The Morgan fingerprint density at radius 3 is 2.93 bits per heavy atom. The fourth-order valence-electron chi connectivity index (χ4n) is 1.39. The summed E-state index contributed by atoms with van der Waals surface area (Å²) < 4.78 is 0. The van der Waals surface area contributed by atoms with Crippen LogP contribution in [-0.4, -0.2) is 9.97 Å². The van der Waals surface area contributed by atoms with Gasteiger partial charge < -0.3 is 4.98 Å². The van der Waals surface area contributed by atoms with E-state index >= 15 is 0 Å². The Bertz CT molecular complexity index is 502. The fourth-order valence-corrected chi connectivity index (χ4v) is 1.39. The normalized spacial score (nSPS) is 11.5. The monoisotopic (exact) mass is 185 g/mol. The highest BCUT2D eigenvalue weighted by Gasteiger charge is 2.19. The highest BCUT2D eigenvalue weighted by Crippen LogP contribution is 2.24. The van der Waals surface area contributed by atoms with Gasteiger partial charge in [-0.1, -0.05) is 6.07 Å². The predicted octanol–water partition coefficient (Wildman–Crippen LogP) is 2.36. The molecule has 0 spiro atoms. The molecule has 0 radical (unpaired) electrons. The molecule has 0 amide bonds. The van der Waals surface area contributed by atoms with E-state index in [-0.39, 0.29) is 0 Å². The first kappa shape index (κ1) is 8.76. The molecule has 0 atom stereocenters. The summed E-state index contributed by atoms with van der Waals surface area (Å²) in [4.78, 5) is 7.16. The molecular formula is C11H11N3. The summed E-state index contributed by atoms with van der Waals surface area (Å²) in [6.07, 6.45) is 1.66. The summed E-state index contributed by atoms with van der Waals surface area (Å²) in [7, 11) is 0. The lowest BCUT2D eigenvalue weighted by Crippen LogP contribution is -2.13. The van der Waals surface area contributed by atoms with Gasteiger partial charge in [-0.2, -0.15) is 5.26 Å². The molecule has 1 N–H and O–H groups in total. The maximum Gasteiger partial charge on any atom is 0.0931 e. The quantitative estimate of drug-likeness (QED) is 0.741. The molecule has 2 rings (SSSR count). The molecule has 14 heavy (non-hydrogen) atoms. The van der Waals surface area contributed by atoms with Crippen LogP contribution in [0, 0.1) is 11.3 Å². The third-order valence-electron chi connectivity index (χ3n) is 2.42. The van der Waals surface area contributed by atoms with Crippen LogP contribution in [0.5, 0.6) is 0 Å². The smallest absolute Gasteiger partial charge is 0.0931 e. The van der Waals surface area contributed by atoms with Crippen LogP contribution >= 0.6 is 0 Å². The molecule has 0 fully saturated rings. The van der Waals surface area contributed by atoms with Crippen molar-refractivity contribution in [3.05, 3.63) is 30.1 Å². The van der Waals surface area contributed by atoms with E-state index in [4.69, 9.17) is 5.26 Å². The van der Waals surface area contributed by atoms with E-state index < -0.39 is 5.41 Å². The number of nitrogens with one attached hydrogen (secondary N) is 1. The number of benzene rings is 1. The molecule has 0 bridgehead atoms. The number of aromatic amines is 1. The maximum absolute atomic E-state index is 8.99. The zero-order valence-electron chi connectivity index (χ0n) is 8.20. The lowest BCUT2D eigenvalue weighted by molar-refractivity contribution is 0.688. The molecule has 70 valence electrons. The van der Waals surface area contributed by atoms with Crippen LogP contribution in [0.4, 0.5) is 0 Å². The van der Waals surface area contributed by atoms with Crippen molar-refractivity contribution in [1.29, 1.82) is 5.26 Å². The van der Waals surface area contributed by atoms with Crippen LogP contribution in [0.3, 0.4) is 0 Å². The summed E-state index contributed by atoms with van der Waals surface area (Å²) in [6, 6.07) is 8.14. The van der Waals surface area contributed by atoms with Crippen molar-refractivity contribution in [2.45, 2.75) is 19.3 Å². The van der Waals surface area contributed by atoms with E-state index in [0.717, 1.165) is 16.6 Å². The van der Waals surface area contributed by atoms with Crippen molar-refractivity contribution >= 4 is 11.0 Å². The van der Waals surface area contributed by atoms with Gasteiger partial charge >= 0.3 is 0 Å². The highest BCUT2D eigenvalue weighted by molar-refractivity contribution is 5.75. The minimum atomic E-state index is -0.445. The van der Waals surface area contributed by atoms with E-state index in [1.54, 1.807) is 6.33 Å². The summed E-state index contributed by atoms with van der Waals surface area (Å²) in [5.41, 5.74) is 2.48. The first-order valence-electron chi connectivity index (χ1n) is 4.48. The molecule has 0 aliphatic carbocycles. The Hall–Kier alpha value is -1.82. The molecule has 2 aromatic rings. The summed E-state index contributed by atoms with van der Waals surface area (Å²) >= 11 is 0. The Balaban J connectivity index is 2.61. The average Bonchev–Trinajstić information content (AvgIpc) is 2.64. The van der Waals surface area contributed by atoms with Gasteiger partial charge in [0.15, 0.2) is 0 Å². The highest BCUT2D eigenvalue weighted by atomic mass is 14.9. The van der Waals surface area contributed by atoms with Crippen molar-refractivity contribution in [2.24, 2.45) is 0 Å². The first-order chi connectivity index (χ1) is 6.63. The van der Waals surface area contributed by atoms with Crippen LogP contribution < -0.4 is 0 Å². The lowest BCUT2D eigenvalue weighted by atomic mass is 9.86. The third kappa shape index (κ3) is 1.25. The minimum absolute atomic E-state index is 0.445. The van der Waals surface area contributed by atoms with Crippen LogP contribution in [0.2, 0.25) is 0 Å². The van der Waals surface area contributed by atoms with Gasteiger partial charge in [0.1, 0.15) is 0 Å². The second-order valence-electron chi connectivity index (χ2n) is 3.87. The Morgan fingerprint density at radius 1 is 1.43 bits per heavy atom. The largest absolute Gasteiger partial charge is 0.345 e. The number of nitriles is 1. The molecule has 0 unspecified atom stereocenters. The summed E-state index contributed by atoms with van der Waals surface area (Å²) in [6.45, 7) is 3.81. The predicted molar refractivity (Wildman–Crippen MR) is 54.7 cm³/mol. The Kier molecular flexibility index (Phi) is 1.78. The number of nitrogens with zero attached hydrogens (tertiary/aromatic N) is 2. The number of aromatic nitrogens is 2. The van der Waals surface area contributed by atoms with E-state index in [1.807, 2.05) is 32.0 Å². The number of imidazole rings is 1. The molecule has 1 aromatic carbocycles. The topological polar surface area (TPSA) is 52.5 Å². The van der Waals surface area contributed by atoms with E-state index in [2.05, 4.69) is 16.0 Å². The fraction of sp³-hybridized carbons (Fsp3) is 0.273. The number of fused-ring (bicyclic) bond motifs is 1. The van der Waals surface area contributed by atoms with Gasteiger partial charge in [0, 0.05) is 0 Å². The van der Waals surface area contributed by atoms with Crippen LogP contribution in [-0.2, 0) is 5.41 Å². The second kappa shape index (κ2) is 2.85. The van der Waals surface area contributed by atoms with E-state index in [1.165, 1.54) is 0 Å². The molecule has 1 heterocycles. The Labute approximate surface area is 82.4 Å². The molecule has 0 saturated heterocycles. The number of hydrogen-bond donors (Lipinski definition) is 1. The zero-order chi connectivity index (χ0) is 10.2. The van der Waals surface area contributed by atoms with Gasteiger partial charge in [-0.15, -0.1) is 0 Å². The van der Waals surface area contributed by atoms with Gasteiger partial charge in [-0.05, 0) is 31.5 Å². The summed E-state index contributed by atoms with van der Waals surface area (Å²) in [5, 5.41) is 8.99. The summed E-state index contributed by atoms with van der Waals surface area (Å²) in [5.74, 6) is 0. The van der Waals surface area contributed by atoms with Crippen molar-refractivity contribution in [3.63, 3.8) is 0 Å². The van der Waals surface area contributed by atoms with Crippen molar-refractivity contribution in [3.8, 4) is 6.07 Å². The van der Waals surface area contributed by atoms with Crippen molar-refractivity contribution in [2.75, 3.05) is 0 Å². The molecule has 0 aliphatic heterocycles. The number of hydrogen-bond acceptors (Lipinski definition) is 2. The van der Waals surface area contributed by atoms with Crippen LogP contribution in [0.25, 0.3) is 11.0 Å². The number of H-pyrrole nitrogens is 1. The van der Waals surface area contributed by atoms with Gasteiger partial charge in [0.2, 0.25) is 0 Å². The SMILES string of the molecule is CC(C)(C#N)c1ccc2nc[nH]c2c1. The van der Waals surface area contributed by atoms with Crippen molar-refractivity contribution < 1.29 is 0 Å². The maximum atomic E-state index is 8.99. The standard InChI is InChI=1S/C11H11N3/c1-11(2,6-12)8-3-4-9-10(5-8)14-7-13-9/h3-5,7H,1-2H3,(H,13,14). The third-order valence-corrected chi connectivity index (χ3v) is 2.42. The van der Waals surface area contributed by atoms with Crippen LogP contribution in [0.15, 0.2) is 24.5 Å². The minimum Gasteiger partial charge on any atom is -0.345 e. The van der Waals surface area contributed by atoms with Gasteiger partial charge in [-0.3, -0.25) is 0 Å². The lowest BCUT2D eigenvalue weighted by Gasteiger charge is -2.15. The zero-order valence-corrected chi connectivity index (χ0v) is 8.20. The van der Waals surface area contributed by atoms with Crippen molar-refractivity contribution in [1.82, 2.24) is 9.97 Å². The average molecular weight is 185 g/mol. The molecule has 0 saturated carbocycles. The Morgan fingerprint density at radius 2 is 2.21 bits per heavy atom. The molecular weight excluding hydrogens is 174 g/mol. The van der Waals surface area contributed by atoms with Crippen LogP contribution in [0.1, 0.15) is 19.4 Å². The number of rotatable bonds is 1. The molecule has 0 aliphatic rings. The molecule has 1 aromatic heterocycles. The van der Waals surface area contributed by atoms with Gasteiger partial charge in [-0.25, -0.2) is 4.98 Å². The van der Waals surface area contributed by atoms with Gasteiger partial charge in [0.05, 0.1) is 28.8 Å².